The van der Waals surface area contributed by atoms with E-state index < -0.39 is 5.54 Å². The number of aromatic nitrogens is 3. The highest BCUT2D eigenvalue weighted by molar-refractivity contribution is 5.05. The Morgan fingerprint density at radius 2 is 2.00 bits per heavy atom. The number of nitrogens with two attached hydrogens (primary N) is 1. The lowest BCUT2D eigenvalue weighted by molar-refractivity contribution is 0.390. The molecule has 0 unspecified atom stereocenters. The van der Waals surface area contributed by atoms with E-state index in [4.69, 9.17) is 5.73 Å². The molecule has 1 aromatic rings. The van der Waals surface area contributed by atoms with Crippen molar-refractivity contribution in [2.75, 3.05) is 0 Å². The van der Waals surface area contributed by atoms with Crippen molar-refractivity contribution in [1.82, 2.24) is 15.0 Å². The molecule has 2 N–H and O–H groups in total. The monoisotopic (exact) mass is 210 g/mol. The van der Waals surface area contributed by atoms with Crippen LogP contribution >= 0.6 is 0 Å². The average Bonchev–Trinajstić information content (AvgIpc) is 2.61. The van der Waals surface area contributed by atoms with Crippen molar-refractivity contribution in [3.63, 3.8) is 0 Å². The first-order valence-electron chi connectivity index (χ1n) is 5.66. The van der Waals surface area contributed by atoms with Crippen molar-refractivity contribution in [3.8, 4) is 0 Å². The van der Waals surface area contributed by atoms with Crippen LogP contribution in [0.2, 0.25) is 0 Å². The van der Waals surface area contributed by atoms with E-state index >= 15 is 0 Å². The van der Waals surface area contributed by atoms with Gasteiger partial charge in [0.05, 0.1) is 11.7 Å². The second-order valence-corrected chi connectivity index (χ2v) is 4.73. The van der Waals surface area contributed by atoms with Gasteiger partial charge in [-0.15, -0.1) is 5.10 Å². The van der Waals surface area contributed by atoms with E-state index in [-0.39, 0.29) is 0 Å². The summed E-state index contributed by atoms with van der Waals surface area (Å²) in [6, 6.07) is 0. The second kappa shape index (κ2) is 4.75. The SMILES string of the molecule is CCC(CC)Cn1cc(C(C)(C)N)nn1. The van der Waals surface area contributed by atoms with Gasteiger partial charge in [0.1, 0.15) is 5.69 Å². The van der Waals surface area contributed by atoms with Gasteiger partial charge in [-0.3, -0.25) is 4.68 Å². The van der Waals surface area contributed by atoms with E-state index in [0.29, 0.717) is 5.92 Å². The van der Waals surface area contributed by atoms with Crippen molar-refractivity contribution < 1.29 is 0 Å². The van der Waals surface area contributed by atoms with E-state index in [1.165, 1.54) is 12.8 Å². The molecular weight excluding hydrogens is 188 g/mol. The summed E-state index contributed by atoms with van der Waals surface area (Å²) in [6.07, 6.45) is 4.31. The van der Waals surface area contributed by atoms with Crippen LogP contribution in [0, 0.1) is 5.92 Å². The Morgan fingerprint density at radius 1 is 1.40 bits per heavy atom. The van der Waals surface area contributed by atoms with Gasteiger partial charge in [-0.1, -0.05) is 31.9 Å². The molecular formula is C11H22N4. The van der Waals surface area contributed by atoms with Gasteiger partial charge in [-0.2, -0.15) is 0 Å². The fourth-order valence-electron chi connectivity index (χ4n) is 1.49. The molecule has 86 valence electrons. The van der Waals surface area contributed by atoms with Crippen LogP contribution in [0.3, 0.4) is 0 Å². The van der Waals surface area contributed by atoms with Crippen molar-refractivity contribution in [2.45, 2.75) is 52.6 Å². The molecule has 0 aromatic carbocycles. The highest BCUT2D eigenvalue weighted by Gasteiger charge is 2.18. The van der Waals surface area contributed by atoms with Gasteiger partial charge in [0.2, 0.25) is 0 Å². The topological polar surface area (TPSA) is 56.7 Å². The molecule has 0 fully saturated rings. The minimum absolute atomic E-state index is 0.397. The van der Waals surface area contributed by atoms with Crippen molar-refractivity contribution in [1.29, 1.82) is 0 Å². The van der Waals surface area contributed by atoms with Crippen molar-refractivity contribution in [3.05, 3.63) is 11.9 Å². The molecule has 0 amide bonds. The summed E-state index contributed by atoms with van der Waals surface area (Å²) in [7, 11) is 0. The maximum Gasteiger partial charge on any atom is 0.102 e. The molecule has 0 bridgehead atoms. The first kappa shape index (κ1) is 12.2. The van der Waals surface area contributed by atoms with E-state index in [9.17, 15) is 0 Å². The molecule has 1 aromatic heterocycles. The normalized spacial score (nSPS) is 12.4. The summed E-state index contributed by atoms with van der Waals surface area (Å²) >= 11 is 0. The first-order valence-corrected chi connectivity index (χ1v) is 5.66. The molecule has 1 rings (SSSR count). The number of nitrogens with zero attached hydrogens (tertiary/aromatic N) is 3. The Hall–Kier alpha value is -0.900. The molecule has 0 saturated carbocycles. The Labute approximate surface area is 91.9 Å². The van der Waals surface area contributed by atoms with Gasteiger partial charge in [0.15, 0.2) is 0 Å². The molecule has 15 heavy (non-hydrogen) atoms. The smallest absolute Gasteiger partial charge is 0.102 e. The predicted molar refractivity (Wildman–Crippen MR) is 61.3 cm³/mol. The maximum absolute atomic E-state index is 5.95. The van der Waals surface area contributed by atoms with Gasteiger partial charge in [0.25, 0.3) is 0 Å². The first-order chi connectivity index (χ1) is 6.97. The lowest BCUT2D eigenvalue weighted by atomic mass is 10.0. The quantitative estimate of drug-likeness (QED) is 0.807. The lowest BCUT2D eigenvalue weighted by Gasteiger charge is -2.14. The van der Waals surface area contributed by atoms with Gasteiger partial charge >= 0.3 is 0 Å². The highest BCUT2D eigenvalue weighted by atomic mass is 15.4. The standard InChI is InChI=1S/C11H22N4/c1-5-9(6-2)7-15-8-10(13-14-15)11(3,4)12/h8-9H,5-7,12H2,1-4H3. The molecule has 0 atom stereocenters. The van der Waals surface area contributed by atoms with E-state index in [1.54, 1.807) is 0 Å². The van der Waals surface area contributed by atoms with Crippen LogP contribution in [-0.2, 0) is 12.1 Å². The van der Waals surface area contributed by atoms with Gasteiger partial charge < -0.3 is 5.73 Å². The lowest BCUT2D eigenvalue weighted by Crippen LogP contribution is -2.29. The third-order valence-corrected chi connectivity index (χ3v) is 2.80. The minimum atomic E-state index is -0.397. The predicted octanol–water partition coefficient (Wildman–Crippen LogP) is 1.91. The molecule has 0 aliphatic rings. The molecule has 0 spiro atoms. The zero-order valence-electron chi connectivity index (χ0n) is 10.2. The summed E-state index contributed by atoms with van der Waals surface area (Å²) in [5.41, 5.74) is 6.41. The Kier molecular flexibility index (Phi) is 3.85. The Balaban J connectivity index is 2.68. The van der Waals surface area contributed by atoms with Crippen LogP contribution in [-0.4, -0.2) is 15.0 Å². The van der Waals surface area contributed by atoms with Gasteiger partial charge in [-0.25, -0.2) is 0 Å². The third-order valence-electron chi connectivity index (χ3n) is 2.80. The third kappa shape index (κ3) is 3.30. The molecule has 0 radical (unpaired) electrons. The summed E-state index contributed by atoms with van der Waals surface area (Å²) in [5, 5.41) is 8.20. The number of hydrogen-bond donors (Lipinski definition) is 1. The molecule has 4 heteroatoms. The molecule has 4 nitrogen and oxygen atoms in total. The van der Waals surface area contributed by atoms with E-state index in [0.717, 1.165) is 12.2 Å². The van der Waals surface area contributed by atoms with E-state index in [2.05, 4.69) is 24.2 Å². The van der Waals surface area contributed by atoms with Crippen LogP contribution in [0.5, 0.6) is 0 Å². The number of rotatable bonds is 5. The fraction of sp³-hybridized carbons (Fsp3) is 0.818. The second-order valence-electron chi connectivity index (χ2n) is 4.73. The Bertz CT molecular complexity index is 294. The largest absolute Gasteiger partial charge is 0.320 e. The van der Waals surface area contributed by atoms with Crippen LogP contribution < -0.4 is 5.73 Å². The van der Waals surface area contributed by atoms with Gasteiger partial charge in [0, 0.05) is 6.54 Å². The van der Waals surface area contributed by atoms with Crippen LogP contribution in [0.25, 0.3) is 0 Å². The fourth-order valence-corrected chi connectivity index (χ4v) is 1.49. The van der Waals surface area contributed by atoms with Crippen LogP contribution in [0.4, 0.5) is 0 Å². The summed E-state index contributed by atoms with van der Waals surface area (Å²) in [5.74, 6) is 0.681. The molecule has 0 saturated heterocycles. The summed E-state index contributed by atoms with van der Waals surface area (Å²) < 4.78 is 1.90. The maximum atomic E-state index is 5.95. The van der Waals surface area contributed by atoms with Crippen molar-refractivity contribution >= 4 is 0 Å². The number of hydrogen-bond acceptors (Lipinski definition) is 3. The Morgan fingerprint density at radius 3 is 2.40 bits per heavy atom. The van der Waals surface area contributed by atoms with Gasteiger partial charge in [-0.05, 0) is 19.8 Å². The minimum Gasteiger partial charge on any atom is -0.320 e. The summed E-state index contributed by atoms with van der Waals surface area (Å²) in [4.78, 5) is 0. The zero-order valence-corrected chi connectivity index (χ0v) is 10.2. The van der Waals surface area contributed by atoms with Crippen molar-refractivity contribution in [2.24, 2.45) is 11.7 Å². The molecule has 0 aliphatic carbocycles. The van der Waals surface area contributed by atoms with Crippen LogP contribution in [0.1, 0.15) is 46.2 Å². The van der Waals surface area contributed by atoms with Crippen LogP contribution in [0.15, 0.2) is 6.20 Å². The van der Waals surface area contributed by atoms with E-state index in [1.807, 2.05) is 24.7 Å². The zero-order chi connectivity index (χ0) is 11.5. The summed E-state index contributed by atoms with van der Waals surface area (Å²) in [6.45, 7) is 9.24. The average molecular weight is 210 g/mol. The highest BCUT2D eigenvalue weighted by Crippen LogP contribution is 2.15. The molecule has 0 aliphatic heterocycles. The molecule has 1 heterocycles.